The molecule has 0 aliphatic carbocycles. The van der Waals surface area contributed by atoms with Crippen LogP contribution in [0.1, 0.15) is 0 Å². The molecule has 6 heteroatoms. The van der Waals surface area contributed by atoms with Gasteiger partial charge in [0.1, 0.15) is 5.69 Å². The summed E-state index contributed by atoms with van der Waals surface area (Å²) in [7, 11) is 2.14. The third-order valence-electron chi connectivity index (χ3n) is 4.12. The molecular formula is C17H20N4O2. The van der Waals surface area contributed by atoms with Gasteiger partial charge in [-0.15, -0.1) is 0 Å². The Morgan fingerprint density at radius 1 is 1.00 bits per heavy atom. The fraction of sp³-hybridized carbons (Fsp3) is 0.294. The van der Waals surface area contributed by atoms with Crippen molar-refractivity contribution in [2.45, 2.75) is 0 Å². The van der Waals surface area contributed by atoms with Gasteiger partial charge in [-0.1, -0.05) is 12.1 Å². The second-order valence-corrected chi connectivity index (χ2v) is 5.74. The molecule has 0 atom stereocenters. The van der Waals surface area contributed by atoms with Gasteiger partial charge in [0.05, 0.1) is 4.92 Å². The van der Waals surface area contributed by atoms with Crippen LogP contribution in [-0.4, -0.2) is 43.0 Å². The van der Waals surface area contributed by atoms with Gasteiger partial charge in [-0.25, -0.2) is 0 Å². The molecule has 1 N–H and O–H groups in total. The second kappa shape index (κ2) is 6.66. The SMILES string of the molecule is CN1CCN(c2ccc(Nc3ccccc3[N+](=O)[O-])cc2)CC1. The molecule has 0 saturated carbocycles. The summed E-state index contributed by atoms with van der Waals surface area (Å²) in [6, 6.07) is 14.7. The van der Waals surface area contributed by atoms with Crippen LogP contribution in [0.5, 0.6) is 0 Å². The van der Waals surface area contributed by atoms with Gasteiger partial charge in [-0.05, 0) is 37.4 Å². The Labute approximate surface area is 135 Å². The van der Waals surface area contributed by atoms with Crippen LogP contribution >= 0.6 is 0 Å². The smallest absolute Gasteiger partial charge is 0.292 e. The minimum absolute atomic E-state index is 0.0793. The summed E-state index contributed by atoms with van der Waals surface area (Å²) in [5.74, 6) is 0. The van der Waals surface area contributed by atoms with Gasteiger partial charge in [0.15, 0.2) is 0 Å². The lowest BCUT2D eigenvalue weighted by atomic mass is 10.2. The van der Waals surface area contributed by atoms with Crippen molar-refractivity contribution in [3.8, 4) is 0 Å². The van der Waals surface area contributed by atoms with Gasteiger partial charge in [0.25, 0.3) is 5.69 Å². The van der Waals surface area contributed by atoms with Gasteiger partial charge in [0.2, 0.25) is 0 Å². The quantitative estimate of drug-likeness (QED) is 0.694. The Morgan fingerprint density at radius 2 is 1.65 bits per heavy atom. The standard InChI is InChI=1S/C17H20N4O2/c1-19-10-12-20(13-11-19)15-8-6-14(7-9-15)18-16-4-2-3-5-17(16)21(22)23/h2-9,18H,10-13H2,1H3. The van der Waals surface area contributed by atoms with Crippen molar-refractivity contribution in [3.05, 3.63) is 58.6 Å². The maximum atomic E-state index is 11.1. The van der Waals surface area contributed by atoms with E-state index in [-0.39, 0.29) is 10.6 Å². The first kappa shape index (κ1) is 15.3. The number of nitrogens with zero attached hydrogens (tertiary/aromatic N) is 3. The van der Waals surface area contributed by atoms with E-state index in [0.717, 1.165) is 31.9 Å². The van der Waals surface area contributed by atoms with Crippen LogP contribution in [0.15, 0.2) is 48.5 Å². The average Bonchev–Trinajstić information content (AvgIpc) is 2.57. The zero-order chi connectivity index (χ0) is 16.2. The molecule has 1 aliphatic rings. The number of hydrogen-bond acceptors (Lipinski definition) is 5. The average molecular weight is 312 g/mol. The minimum atomic E-state index is -0.374. The summed E-state index contributed by atoms with van der Waals surface area (Å²) >= 11 is 0. The molecule has 0 aromatic heterocycles. The maximum absolute atomic E-state index is 11.1. The van der Waals surface area contributed by atoms with E-state index in [1.807, 2.05) is 12.1 Å². The number of nitro benzene ring substituents is 1. The Hall–Kier alpha value is -2.60. The molecule has 120 valence electrons. The van der Waals surface area contributed by atoms with E-state index >= 15 is 0 Å². The second-order valence-electron chi connectivity index (χ2n) is 5.74. The van der Waals surface area contributed by atoms with Crippen LogP contribution in [0.4, 0.5) is 22.7 Å². The number of nitrogens with one attached hydrogen (secondary N) is 1. The van der Waals surface area contributed by atoms with E-state index in [1.165, 1.54) is 11.8 Å². The Kier molecular flexibility index (Phi) is 4.43. The van der Waals surface area contributed by atoms with E-state index < -0.39 is 0 Å². The van der Waals surface area contributed by atoms with Gasteiger partial charge >= 0.3 is 0 Å². The highest BCUT2D eigenvalue weighted by molar-refractivity contribution is 5.70. The number of nitro groups is 1. The largest absolute Gasteiger partial charge is 0.369 e. The minimum Gasteiger partial charge on any atom is -0.369 e. The summed E-state index contributed by atoms with van der Waals surface area (Å²) in [5, 5.41) is 14.2. The highest BCUT2D eigenvalue weighted by Gasteiger charge is 2.15. The molecule has 0 amide bonds. The van der Waals surface area contributed by atoms with Crippen LogP contribution in [0.2, 0.25) is 0 Å². The van der Waals surface area contributed by atoms with Gasteiger partial charge < -0.3 is 15.1 Å². The first-order valence-corrected chi connectivity index (χ1v) is 7.67. The van der Waals surface area contributed by atoms with Crippen molar-refractivity contribution < 1.29 is 4.92 Å². The van der Waals surface area contributed by atoms with Crippen LogP contribution in [-0.2, 0) is 0 Å². The highest BCUT2D eigenvalue weighted by Crippen LogP contribution is 2.28. The molecule has 0 unspecified atom stereocenters. The molecule has 1 aliphatic heterocycles. The predicted octanol–water partition coefficient (Wildman–Crippen LogP) is 3.09. The number of anilines is 3. The molecule has 0 bridgehead atoms. The summed E-state index contributed by atoms with van der Waals surface area (Å²) in [6.07, 6.45) is 0. The monoisotopic (exact) mass is 312 g/mol. The predicted molar refractivity (Wildman–Crippen MR) is 92.5 cm³/mol. The van der Waals surface area contributed by atoms with Crippen molar-refractivity contribution in [2.24, 2.45) is 0 Å². The zero-order valence-electron chi connectivity index (χ0n) is 13.1. The number of piperazine rings is 1. The Morgan fingerprint density at radius 3 is 2.30 bits per heavy atom. The van der Waals surface area contributed by atoms with Gasteiger partial charge in [-0.3, -0.25) is 10.1 Å². The van der Waals surface area contributed by atoms with E-state index in [1.54, 1.807) is 18.2 Å². The topological polar surface area (TPSA) is 61.6 Å². The van der Waals surface area contributed by atoms with Crippen molar-refractivity contribution >= 4 is 22.7 Å². The fourth-order valence-corrected chi connectivity index (χ4v) is 2.71. The first-order valence-electron chi connectivity index (χ1n) is 7.67. The van der Waals surface area contributed by atoms with Gasteiger partial charge in [-0.2, -0.15) is 0 Å². The van der Waals surface area contributed by atoms with E-state index in [4.69, 9.17) is 0 Å². The van der Waals surface area contributed by atoms with Crippen LogP contribution in [0.3, 0.4) is 0 Å². The van der Waals surface area contributed by atoms with Crippen LogP contribution in [0.25, 0.3) is 0 Å². The number of para-hydroxylation sites is 2. The molecule has 3 rings (SSSR count). The third kappa shape index (κ3) is 3.60. The molecule has 2 aromatic rings. The highest BCUT2D eigenvalue weighted by atomic mass is 16.6. The molecular weight excluding hydrogens is 292 g/mol. The van der Waals surface area contributed by atoms with Crippen LogP contribution < -0.4 is 10.2 Å². The number of benzene rings is 2. The molecule has 6 nitrogen and oxygen atoms in total. The van der Waals surface area contributed by atoms with Crippen molar-refractivity contribution in [3.63, 3.8) is 0 Å². The van der Waals surface area contributed by atoms with Crippen molar-refractivity contribution in [1.29, 1.82) is 0 Å². The lowest BCUT2D eigenvalue weighted by molar-refractivity contribution is -0.383. The lowest BCUT2D eigenvalue weighted by Gasteiger charge is -2.34. The van der Waals surface area contributed by atoms with Crippen LogP contribution in [0, 0.1) is 10.1 Å². The summed E-state index contributed by atoms with van der Waals surface area (Å²) in [4.78, 5) is 15.4. The normalized spacial score (nSPS) is 15.4. The van der Waals surface area contributed by atoms with E-state index in [0.29, 0.717) is 5.69 Å². The third-order valence-corrected chi connectivity index (χ3v) is 4.12. The lowest BCUT2D eigenvalue weighted by Crippen LogP contribution is -2.44. The maximum Gasteiger partial charge on any atom is 0.292 e. The molecule has 0 radical (unpaired) electrons. The Balaban J connectivity index is 1.72. The molecule has 2 aromatic carbocycles. The van der Waals surface area contributed by atoms with E-state index in [9.17, 15) is 10.1 Å². The molecule has 0 spiro atoms. The molecule has 1 heterocycles. The molecule has 1 saturated heterocycles. The summed E-state index contributed by atoms with van der Waals surface area (Å²) in [5.41, 5.74) is 2.61. The zero-order valence-corrected chi connectivity index (χ0v) is 13.1. The number of hydrogen-bond donors (Lipinski definition) is 1. The molecule has 23 heavy (non-hydrogen) atoms. The number of likely N-dealkylation sites (N-methyl/N-ethyl adjacent to an activating group) is 1. The fourth-order valence-electron chi connectivity index (χ4n) is 2.71. The van der Waals surface area contributed by atoms with Gasteiger partial charge in [0, 0.05) is 43.6 Å². The summed E-state index contributed by atoms with van der Waals surface area (Å²) in [6.45, 7) is 4.17. The molecule has 1 fully saturated rings. The summed E-state index contributed by atoms with van der Waals surface area (Å²) < 4.78 is 0. The van der Waals surface area contributed by atoms with Crippen molar-refractivity contribution in [2.75, 3.05) is 43.4 Å². The van der Waals surface area contributed by atoms with E-state index in [2.05, 4.69) is 34.3 Å². The Bertz CT molecular complexity index is 679. The van der Waals surface area contributed by atoms with Crippen molar-refractivity contribution in [1.82, 2.24) is 4.90 Å². The first-order chi connectivity index (χ1) is 11.1. The number of rotatable bonds is 4.